The van der Waals surface area contributed by atoms with Crippen molar-refractivity contribution in [3.8, 4) is 0 Å². The smallest absolute Gasteiger partial charge is 0.369 e. The number of aromatic nitrogens is 1. The molecule has 0 radical (unpaired) electrons. The zero-order valence-corrected chi connectivity index (χ0v) is 15.5. The van der Waals surface area contributed by atoms with Crippen LogP contribution in [0.5, 0.6) is 0 Å². The summed E-state index contributed by atoms with van der Waals surface area (Å²) in [6, 6.07) is 3.66. The molecule has 1 saturated heterocycles. The number of alkyl halides is 3. The largest absolute Gasteiger partial charge is 0.395 e. The molecule has 1 aliphatic heterocycles. The third kappa shape index (κ3) is 5.66. The van der Waals surface area contributed by atoms with Gasteiger partial charge in [-0.25, -0.2) is 4.98 Å². The van der Waals surface area contributed by atoms with Gasteiger partial charge in [0.2, 0.25) is 5.91 Å². The van der Waals surface area contributed by atoms with E-state index in [1.807, 2.05) is 6.92 Å². The number of hydrogen-bond donors (Lipinski definition) is 1. The minimum atomic E-state index is -4.54. The first kappa shape index (κ1) is 21.1. The highest BCUT2D eigenvalue weighted by Gasteiger charge is 2.51. The molecule has 1 aliphatic rings. The van der Waals surface area contributed by atoms with E-state index >= 15 is 0 Å². The molecule has 1 aromatic rings. The van der Waals surface area contributed by atoms with E-state index < -0.39 is 36.5 Å². The quantitative estimate of drug-likeness (QED) is 0.812. The van der Waals surface area contributed by atoms with Gasteiger partial charge in [0.25, 0.3) is 5.91 Å². The van der Waals surface area contributed by atoms with Gasteiger partial charge in [-0.1, -0.05) is 13.0 Å². The number of likely N-dealkylation sites (tertiary alicyclic amines) is 1. The maximum Gasteiger partial charge on any atom is 0.395 e. The highest BCUT2D eigenvalue weighted by molar-refractivity contribution is 5.92. The van der Waals surface area contributed by atoms with Crippen LogP contribution in [0.3, 0.4) is 0 Å². The van der Waals surface area contributed by atoms with Crippen LogP contribution in [0, 0.1) is 5.92 Å². The van der Waals surface area contributed by atoms with Crippen LogP contribution in [-0.4, -0.2) is 59.7 Å². The molecule has 0 unspecified atom stereocenters. The van der Waals surface area contributed by atoms with Gasteiger partial charge in [-0.3, -0.25) is 9.59 Å². The number of hydrogen-bond acceptors (Lipinski definition) is 4. The fraction of sp³-hybridized carbons (Fsp3) is 0.611. The SMILES string of the molecule is CCc1cccc(C(=O)N2C[C@@H](C(F)(F)F)[C@H](NC(=O)COC(C)C)C2)n1. The summed E-state index contributed by atoms with van der Waals surface area (Å²) in [7, 11) is 0. The van der Waals surface area contributed by atoms with Gasteiger partial charge in [0, 0.05) is 18.8 Å². The maximum absolute atomic E-state index is 13.4. The number of carbonyl (C=O) groups excluding carboxylic acids is 2. The van der Waals surface area contributed by atoms with Crippen molar-refractivity contribution in [1.29, 1.82) is 0 Å². The van der Waals surface area contributed by atoms with Gasteiger partial charge in [-0.2, -0.15) is 13.2 Å². The topological polar surface area (TPSA) is 71.5 Å². The molecule has 1 aromatic heterocycles. The number of halogens is 3. The van der Waals surface area contributed by atoms with Crippen LogP contribution in [-0.2, 0) is 16.0 Å². The molecule has 0 bridgehead atoms. The summed E-state index contributed by atoms with van der Waals surface area (Å²) in [5, 5.41) is 2.35. The Labute approximate surface area is 156 Å². The third-order valence-corrected chi connectivity index (χ3v) is 4.31. The second kappa shape index (κ2) is 8.69. The molecule has 2 rings (SSSR count). The van der Waals surface area contributed by atoms with Gasteiger partial charge in [0.1, 0.15) is 12.3 Å². The van der Waals surface area contributed by atoms with Gasteiger partial charge < -0.3 is 15.0 Å². The number of nitrogens with zero attached hydrogens (tertiary/aromatic N) is 2. The fourth-order valence-electron chi connectivity index (χ4n) is 2.90. The summed E-state index contributed by atoms with van der Waals surface area (Å²) in [6.07, 6.45) is -4.14. The maximum atomic E-state index is 13.4. The fourth-order valence-corrected chi connectivity index (χ4v) is 2.90. The Hall–Kier alpha value is -2.16. The molecular formula is C18H24F3N3O3. The molecule has 2 amide bonds. The zero-order chi connectivity index (χ0) is 20.2. The zero-order valence-electron chi connectivity index (χ0n) is 15.5. The van der Waals surface area contributed by atoms with Gasteiger partial charge in [0.05, 0.1) is 18.1 Å². The molecule has 150 valence electrons. The van der Waals surface area contributed by atoms with Crippen LogP contribution in [0.25, 0.3) is 0 Å². The first-order valence-corrected chi connectivity index (χ1v) is 8.84. The number of aryl methyl sites for hydroxylation is 1. The molecule has 0 aromatic carbocycles. The lowest BCUT2D eigenvalue weighted by Gasteiger charge is -2.22. The molecule has 1 fully saturated rings. The van der Waals surface area contributed by atoms with Crippen LogP contribution in [0.1, 0.15) is 37.0 Å². The van der Waals surface area contributed by atoms with E-state index in [2.05, 4.69) is 10.3 Å². The second-order valence-corrected chi connectivity index (χ2v) is 6.76. The van der Waals surface area contributed by atoms with Crippen molar-refractivity contribution >= 4 is 11.8 Å². The van der Waals surface area contributed by atoms with E-state index in [1.54, 1.807) is 26.0 Å². The number of amides is 2. The first-order chi connectivity index (χ1) is 12.6. The Bertz CT molecular complexity index is 679. The van der Waals surface area contributed by atoms with Crippen LogP contribution >= 0.6 is 0 Å². The Morgan fingerprint density at radius 3 is 2.63 bits per heavy atom. The molecule has 9 heteroatoms. The predicted octanol–water partition coefficient (Wildman–Crippen LogP) is 2.19. The summed E-state index contributed by atoms with van der Waals surface area (Å²) in [5.41, 5.74) is 0.786. The van der Waals surface area contributed by atoms with Crippen molar-refractivity contribution in [2.24, 2.45) is 5.92 Å². The molecule has 0 saturated carbocycles. The average Bonchev–Trinajstić information content (AvgIpc) is 3.03. The highest BCUT2D eigenvalue weighted by atomic mass is 19.4. The van der Waals surface area contributed by atoms with Gasteiger partial charge in [-0.05, 0) is 32.4 Å². The molecule has 0 aliphatic carbocycles. The number of rotatable bonds is 6. The van der Waals surface area contributed by atoms with Crippen molar-refractivity contribution in [3.05, 3.63) is 29.6 Å². The normalized spacial score (nSPS) is 20.2. The molecule has 27 heavy (non-hydrogen) atoms. The monoisotopic (exact) mass is 387 g/mol. The van der Waals surface area contributed by atoms with Crippen LogP contribution < -0.4 is 5.32 Å². The summed E-state index contributed by atoms with van der Waals surface area (Å²) in [4.78, 5) is 29.7. The van der Waals surface area contributed by atoms with E-state index in [4.69, 9.17) is 4.74 Å². The number of nitrogens with one attached hydrogen (secondary N) is 1. The van der Waals surface area contributed by atoms with Crippen molar-refractivity contribution in [2.75, 3.05) is 19.7 Å². The lowest BCUT2D eigenvalue weighted by Crippen LogP contribution is -2.46. The summed E-state index contributed by atoms with van der Waals surface area (Å²) in [6.45, 7) is 4.24. The van der Waals surface area contributed by atoms with Crippen LogP contribution in [0.4, 0.5) is 13.2 Å². The van der Waals surface area contributed by atoms with Crippen LogP contribution in [0.2, 0.25) is 0 Å². The molecule has 1 N–H and O–H groups in total. The Kier molecular flexibility index (Phi) is 6.80. The molecular weight excluding hydrogens is 363 g/mol. The minimum Gasteiger partial charge on any atom is -0.369 e. The summed E-state index contributed by atoms with van der Waals surface area (Å²) < 4.78 is 45.3. The molecule has 2 heterocycles. The van der Waals surface area contributed by atoms with Crippen molar-refractivity contribution in [1.82, 2.24) is 15.2 Å². The third-order valence-electron chi connectivity index (χ3n) is 4.31. The van der Waals surface area contributed by atoms with E-state index in [9.17, 15) is 22.8 Å². The van der Waals surface area contributed by atoms with Gasteiger partial charge >= 0.3 is 6.18 Å². The Morgan fingerprint density at radius 1 is 1.33 bits per heavy atom. The molecule has 0 spiro atoms. The Balaban J connectivity index is 2.11. The van der Waals surface area contributed by atoms with Gasteiger partial charge in [0.15, 0.2) is 0 Å². The number of pyridine rings is 1. The molecule has 2 atom stereocenters. The first-order valence-electron chi connectivity index (χ1n) is 8.84. The minimum absolute atomic E-state index is 0.102. The predicted molar refractivity (Wildman–Crippen MR) is 92.1 cm³/mol. The van der Waals surface area contributed by atoms with Gasteiger partial charge in [-0.15, -0.1) is 0 Å². The lowest BCUT2D eigenvalue weighted by atomic mass is 10.0. The Morgan fingerprint density at radius 2 is 2.04 bits per heavy atom. The summed E-state index contributed by atoms with van der Waals surface area (Å²) in [5.74, 6) is -3.04. The number of ether oxygens (including phenoxy) is 1. The highest BCUT2D eigenvalue weighted by Crippen LogP contribution is 2.34. The van der Waals surface area contributed by atoms with E-state index in [0.29, 0.717) is 12.1 Å². The van der Waals surface area contributed by atoms with E-state index in [-0.39, 0.29) is 24.9 Å². The second-order valence-electron chi connectivity index (χ2n) is 6.76. The van der Waals surface area contributed by atoms with Crippen molar-refractivity contribution < 1.29 is 27.5 Å². The van der Waals surface area contributed by atoms with Crippen molar-refractivity contribution in [2.45, 2.75) is 45.5 Å². The van der Waals surface area contributed by atoms with Crippen LogP contribution in [0.15, 0.2) is 18.2 Å². The molecule has 6 nitrogen and oxygen atoms in total. The standard InChI is InChI=1S/C18H24F3N3O3/c1-4-12-6-5-7-14(22-12)17(26)24-8-13(18(19,20)21)15(9-24)23-16(25)10-27-11(2)3/h5-7,11,13,15H,4,8-10H2,1-3H3,(H,23,25)/t13-,15-/m1/s1. The lowest BCUT2D eigenvalue weighted by molar-refractivity contribution is -0.175. The summed E-state index contributed by atoms with van der Waals surface area (Å²) >= 11 is 0. The number of carbonyl (C=O) groups is 2. The van der Waals surface area contributed by atoms with E-state index in [0.717, 1.165) is 4.90 Å². The van der Waals surface area contributed by atoms with E-state index in [1.165, 1.54) is 6.07 Å². The van der Waals surface area contributed by atoms with Crippen molar-refractivity contribution in [3.63, 3.8) is 0 Å². The average molecular weight is 387 g/mol.